The Hall–Kier alpha value is -1.11. The fourth-order valence-electron chi connectivity index (χ4n) is 1.02. The number of nitrogens with two attached hydrogens (primary N) is 1. The zero-order valence-corrected chi connectivity index (χ0v) is 7.55. The molecule has 0 aliphatic heterocycles. The molecule has 0 saturated carbocycles. The highest BCUT2D eigenvalue weighted by Crippen LogP contribution is 2.25. The van der Waals surface area contributed by atoms with E-state index in [2.05, 4.69) is 0 Å². The Morgan fingerprint density at radius 1 is 1.62 bits per heavy atom. The number of benzene rings is 1. The van der Waals surface area contributed by atoms with Crippen molar-refractivity contribution in [3.63, 3.8) is 0 Å². The number of hydrogen-bond acceptors (Lipinski definition) is 2. The summed E-state index contributed by atoms with van der Waals surface area (Å²) in [6.07, 6.45) is 0.128. The second kappa shape index (κ2) is 4.22. The fourth-order valence-corrected chi connectivity index (χ4v) is 1.28. The third kappa shape index (κ3) is 2.18. The van der Waals surface area contributed by atoms with Crippen molar-refractivity contribution in [3.05, 3.63) is 34.6 Å². The molecule has 0 fully saturated rings. The Morgan fingerprint density at radius 2 is 2.31 bits per heavy atom. The van der Waals surface area contributed by atoms with Crippen molar-refractivity contribution < 1.29 is 4.39 Å². The van der Waals surface area contributed by atoms with Crippen molar-refractivity contribution in [3.8, 4) is 6.07 Å². The third-order valence-corrected chi connectivity index (χ3v) is 2.09. The van der Waals surface area contributed by atoms with Gasteiger partial charge < -0.3 is 5.73 Å². The van der Waals surface area contributed by atoms with Crippen molar-refractivity contribution in [2.45, 2.75) is 12.5 Å². The number of rotatable bonds is 2. The number of nitrogens with zero attached hydrogens (tertiary/aromatic N) is 1. The number of nitriles is 1. The second-order valence-corrected chi connectivity index (χ2v) is 2.99. The first kappa shape index (κ1) is 9.97. The molecule has 0 aromatic heterocycles. The molecular formula is C9H8ClFN2. The normalized spacial score (nSPS) is 12.2. The predicted octanol–water partition coefficient (Wildman–Crippen LogP) is 2.39. The van der Waals surface area contributed by atoms with Gasteiger partial charge in [-0.3, -0.25) is 0 Å². The molecule has 0 radical (unpaired) electrons. The first-order valence-corrected chi connectivity index (χ1v) is 4.11. The molecule has 0 bridgehead atoms. The Balaban J connectivity index is 3.02. The van der Waals surface area contributed by atoms with Gasteiger partial charge in [0, 0.05) is 6.04 Å². The van der Waals surface area contributed by atoms with Crippen LogP contribution < -0.4 is 5.73 Å². The summed E-state index contributed by atoms with van der Waals surface area (Å²) < 4.78 is 12.9. The SMILES string of the molecule is N#CC[C@@H](N)c1cccc(F)c1Cl. The van der Waals surface area contributed by atoms with E-state index in [1.54, 1.807) is 6.07 Å². The highest BCUT2D eigenvalue weighted by molar-refractivity contribution is 6.31. The summed E-state index contributed by atoms with van der Waals surface area (Å²) >= 11 is 5.66. The maximum Gasteiger partial charge on any atom is 0.142 e. The Morgan fingerprint density at radius 3 is 2.92 bits per heavy atom. The van der Waals surface area contributed by atoms with Crippen LogP contribution in [-0.2, 0) is 0 Å². The molecule has 4 heteroatoms. The van der Waals surface area contributed by atoms with Gasteiger partial charge in [0.2, 0.25) is 0 Å². The lowest BCUT2D eigenvalue weighted by Gasteiger charge is -2.09. The van der Waals surface area contributed by atoms with Crippen LogP contribution in [0.15, 0.2) is 18.2 Å². The highest BCUT2D eigenvalue weighted by atomic mass is 35.5. The van der Waals surface area contributed by atoms with Gasteiger partial charge in [0.1, 0.15) is 5.82 Å². The van der Waals surface area contributed by atoms with E-state index in [1.807, 2.05) is 6.07 Å². The van der Waals surface area contributed by atoms with Gasteiger partial charge in [0.15, 0.2) is 0 Å². The minimum atomic E-state index is -0.520. The van der Waals surface area contributed by atoms with Gasteiger partial charge >= 0.3 is 0 Å². The smallest absolute Gasteiger partial charge is 0.142 e. The molecule has 0 amide bonds. The molecule has 0 saturated heterocycles. The quantitative estimate of drug-likeness (QED) is 0.793. The zero-order valence-electron chi connectivity index (χ0n) is 6.80. The molecule has 1 rings (SSSR count). The van der Waals surface area contributed by atoms with Gasteiger partial charge in [0.25, 0.3) is 0 Å². The summed E-state index contributed by atoms with van der Waals surface area (Å²) in [5.41, 5.74) is 6.08. The van der Waals surface area contributed by atoms with Crippen LogP contribution >= 0.6 is 11.6 Å². The molecule has 0 unspecified atom stereocenters. The van der Waals surface area contributed by atoms with E-state index in [9.17, 15) is 4.39 Å². The lowest BCUT2D eigenvalue weighted by atomic mass is 10.1. The second-order valence-electron chi connectivity index (χ2n) is 2.61. The van der Waals surface area contributed by atoms with Gasteiger partial charge in [-0.15, -0.1) is 0 Å². The summed E-state index contributed by atoms with van der Waals surface area (Å²) in [4.78, 5) is 0. The summed E-state index contributed by atoms with van der Waals surface area (Å²) in [5.74, 6) is -0.507. The van der Waals surface area contributed by atoms with E-state index >= 15 is 0 Å². The largest absolute Gasteiger partial charge is 0.323 e. The molecule has 2 N–H and O–H groups in total. The fraction of sp³-hybridized carbons (Fsp3) is 0.222. The molecule has 1 aromatic carbocycles. The van der Waals surface area contributed by atoms with Gasteiger partial charge in [-0.1, -0.05) is 23.7 Å². The summed E-state index contributed by atoms with van der Waals surface area (Å²) in [6.45, 7) is 0. The first-order chi connectivity index (χ1) is 6.16. The van der Waals surface area contributed by atoms with E-state index in [0.29, 0.717) is 5.56 Å². The monoisotopic (exact) mass is 198 g/mol. The van der Waals surface area contributed by atoms with Gasteiger partial charge in [-0.05, 0) is 11.6 Å². The lowest BCUT2D eigenvalue weighted by molar-refractivity contribution is 0.620. The Kier molecular flexibility index (Phi) is 3.24. The summed E-state index contributed by atoms with van der Waals surface area (Å²) in [5, 5.41) is 8.40. The summed E-state index contributed by atoms with van der Waals surface area (Å²) in [7, 11) is 0. The van der Waals surface area contributed by atoms with Crippen molar-refractivity contribution in [1.29, 1.82) is 5.26 Å². The van der Waals surface area contributed by atoms with Crippen LogP contribution in [0, 0.1) is 17.1 Å². The molecule has 0 spiro atoms. The Labute approximate surface area is 80.7 Å². The standard InChI is InChI=1S/C9H8ClFN2/c10-9-6(8(13)4-5-12)2-1-3-7(9)11/h1-3,8H,4,13H2/t8-/m1/s1. The average molecular weight is 199 g/mol. The summed E-state index contributed by atoms with van der Waals surface area (Å²) in [6, 6.07) is 5.78. The van der Waals surface area contributed by atoms with Crippen LogP contribution in [0.1, 0.15) is 18.0 Å². The van der Waals surface area contributed by atoms with Crippen LogP contribution in [0.2, 0.25) is 5.02 Å². The van der Waals surface area contributed by atoms with E-state index < -0.39 is 11.9 Å². The maximum atomic E-state index is 12.9. The molecule has 0 aliphatic rings. The highest BCUT2D eigenvalue weighted by Gasteiger charge is 2.12. The van der Waals surface area contributed by atoms with Gasteiger partial charge in [-0.25, -0.2) is 4.39 Å². The van der Waals surface area contributed by atoms with Crippen LogP contribution in [-0.4, -0.2) is 0 Å². The minimum absolute atomic E-state index is 0.00486. The van der Waals surface area contributed by atoms with Crippen LogP contribution in [0.5, 0.6) is 0 Å². The van der Waals surface area contributed by atoms with E-state index in [4.69, 9.17) is 22.6 Å². The lowest BCUT2D eigenvalue weighted by Crippen LogP contribution is -2.10. The van der Waals surface area contributed by atoms with Crippen molar-refractivity contribution in [1.82, 2.24) is 0 Å². The maximum absolute atomic E-state index is 12.9. The van der Waals surface area contributed by atoms with E-state index in [1.165, 1.54) is 12.1 Å². The zero-order chi connectivity index (χ0) is 9.84. The molecule has 0 heterocycles. The van der Waals surface area contributed by atoms with E-state index in [-0.39, 0.29) is 11.4 Å². The van der Waals surface area contributed by atoms with Crippen molar-refractivity contribution in [2.24, 2.45) is 5.73 Å². The van der Waals surface area contributed by atoms with Gasteiger partial charge in [-0.2, -0.15) is 5.26 Å². The minimum Gasteiger partial charge on any atom is -0.323 e. The third-order valence-electron chi connectivity index (χ3n) is 1.69. The molecule has 68 valence electrons. The molecule has 0 aliphatic carbocycles. The topological polar surface area (TPSA) is 49.8 Å². The molecule has 1 aromatic rings. The predicted molar refractivity (Wildman–Crippen MR) is 48.6 cm³/mol. The molecule has 13 heavy (non-hydrogen) atoms. The van der Waals surface area contributed by atoms with E-state index in [0.717, 1.165) is 0 Å². The van der Waals surface area contributed by atoms with Gasteiger partial charge in [0.05, 0.1) is 17.5 Å². The number of hydrogen-bond donors (Lipinski definition) is 1. The van der Waals surface area contributed by atoms with Crippen LogP contribution in [0.25, 0.3) is 0 Å². The molecule has 1 atom stereocenters. The average Bonchev–Trinajstić information content (AvgIpc) is 2.10. The van der Waals surface area contributed by atoms with Crippen molar-refractivity contribution >= 4 is 11.6 Å². The first-order valence-electron chi connectivity index (χ1n) is 3.73. The van der Waals surface area contributed by atoms with Crippen molar-refractivity contribution in [2.75, 3.05) is 0 Å². The van der Waals surface area contributed by atoms with Crippen LogP contribution in [0.3, 0.4) is 0 Å². The number of halogens is 2. The molecule has 2 nitrogen and oxygen atoms in total. The molecular weight excluding hydrogens is 191 g/mol. The Bertz CT molecular complexity index is 346. The van der Waals surface area contributed by atoms with Crippen LogP contribution in [0.4, 0.5) is 4.39 Å².